The zero-order chi connectivity index (χ0) is 20.9. The Labute approximate surface area is 174 Å². The molecule has 3 N–H and O–H groups in total. The summed E-state index contributed by atoms with van der Waals surface area (Å²) in [6.45, 7) is 5.15. The molecule has 0 saturated carbocycles. The van der Waals surface area contributed by atoms with Crippen LogP contribution < -0.4 is 16.0 Å². The smallest absolute Gasteiger partial charge is 0.320 e. The van der Waals surface area contributed by atoms with E-state index in [1.807, 2.05) is 25.1 Å². The number of amides is 2. The second-order valence-electron chi connectivity index (χ2n) is 6.93. The van der Waals surface area contributed by atoms with E-state index in [0.717, 1.165) is 33.3 Å². The van der Waals surface area contributed by atoms with Crippen molar-refractivity contribution in [2.75, 3.05) is 17.2 Å². The number of urea groups is 1. The van der Waals surface area contributed by atoms with Crippen molar-refractivity contribution in [3.05, 3.63) is 72.4 Å². The van der Waals surface area contributed by atoms with Crippen LogP contribution in [0.4, 0.5) is 16.3 Å². The van der Waals surface area contributed by atoms with Crippen LogP contribution in [0, 0.1) is 6.92 Å². The number of nitrogens with zero attached hydrogens (tertiary/aromatic N) is 4. The maximum absolute atomic E-state index is 11.8. The molecule has 0 aliphatic rings. The molecule has 2 heterocycles. The Kier molecular flexibility index (Phi) is 5.56. The zero-order valence-electron chi connectivity index (χ0n) is 16.9. The third kappa shape index (κ3) is 4.38. The van der Waals surface area contributed by atoms with Gasteiger partial charge >= 0.3 is 6.03 Å². The summed E-state index contributed by atoms with van der Waals surface area (Å²) in [7, 11) is 0. The summed E-state index contributed by atoms with van der Waals surface area (Å²) in [5, 5.41) is 15.2. The molecule has 0 unspecified atom stereocenters. The highest BCUT2D eigenvalue weighted by Crippen LogP contribution is 2.25. The van der Waals surface area contributed by atoms with Gasteiger partial charge in [-0.1, -0.05) is 12.1 Å². The van der Waals surface area contributed by atoms with Crippen LogP contribution in [0.25, 0.3) is 16.5 Å². The topological polar surface area (TPSA) is 96.8 Å². The quantitative estimate of drug-likeness (QED) is 0.456. The van der Waals surface area contributed by atoms with Crippen LogP contribution in [0.5, 0.6) is 0 Å². The van der Waals surface area contributed by atoms with Gasteiger partial charge < -0.3 is 10.6 Å². The van der Waals surface area contributed by atoms with E-state index < -0.39 is 0 Å². The Bertz CT molecular complexity index is 1170. The number of fused-ring (bicyclic) bond motifs is 1. The van der Waals surface area contributed by atoms with E-state index in [-0.39, 0.29) is 6.03 Å². The highest BCUT2D eigenvalue weighted by molar-refractivity contribution is 5.94. The first-order valence-electron chi connectivity index (χ1n) is 9.75. The van der Waals surface area contributed by atoms with Gasteiger partial charge in [0.05, 0.1) is 5.69 Å². The van der Waals surface area contributed by atoms with Gasteiger partial charge in [0.25, 0.3) is 0 Å². The summed E-state index contributed by atoms with van der Waals surface area (Å²) in [6.07, 6.45) is 4.99. The summed E-state index contributed by atoms with van der Waals surface area (Å²) >= 11 is 0. The third-order valence-electron chi connectivity index (χ3n) is 4.71. The fourth-order valence-electron chi connectivity index (χ4n) is 3.29. The van der Waals surface area contributed by atoms with Crippen LogP contribution in [0.1, 0.15) is 18.1 Å². The maximum atomic E-state index is 11.8. The van der Waals surface area contributed by atoms with E-state index in [4.69, 9.17) is 0 Å². The number of carbonyl (C=O) groups is 1. The molecule has 0 aliphatic heterocycles. The third-order valence-corrected chi connectivity index (χ3v) is 4.71. The minimum absolute atomic E-state index is 0.261. The van der Waals surface area contributed by atoms with Gasteiger partial charge in [-0.3, -0.25) is 5.32 Å². The maximum Gasteiger partial charge on any atom is 0.320 e. The molecule has 0 bridgehead atoms. The number of carbonyl (C=O) groups excluding carboxylic acids is 1. The molecule has 2 aromatic carbocycles. The Hall–Kier alpha value is -3.94. The molecule has 4 rings (SSSR count). The fraction of sp³-hybridized carbons (Fsp3) is 0.182. The van der Waals surface area contributed by atoms with Crippen molar-refractivity contribution in [2.45, 2.75) is 20.4 Å². The first-order chi connectivity index (χ1) is 14.6. The minimum atomic E-state index is -0.261. The summed E-state index contributed by atoms with van der Waals surface area (Å²) in [5.74, 6) is 0.519. The molecule has 0 aliphatic carbocycles. The van der Waals surface area contributed by atoms with Crippen molar-refractivity contribution < 1.29 is 4.79 Å². The predicted octanol–water partition coefficient (Wildman–Crippen LogP) is 3.88. The molecule has 2 aromatic heterocycles. The summed E-state index contributed by atoms with van der Waals surface area (Å²) in [6, 6.07) is 13.9. The first kappa shape index (κ1) is 19.4. The highest BCUT2D eigenvalue weighted by atomic mass is 16.2. The average molecular weight is 401 g/mol. The Morgan fingerprint density at radius 2 is 2.07 bits per heavy atom. The van der Waals surface area contributed by atoms with E-state index in [1.54, 1.807) is 17.2 Å². The first-order valence-corrected chi connectivity index (χ1v) is 9.75. The molecular formula is C22H23N7O. The fourth-order valence-corrected chi connectivity index (χ4v) is 3.29. The highest BCUT2D eigenvalue weighted by Gasteiger charge is 2.06. The lowest BCUT2D eigenvalue weighted by molar-refractivity contribution is 0.252. The van der Waals surface area contributed by atoms with Crippen molar-refractivity contribution in [3.63, 3.8) is 0 Å². The zero-order valence-corrected chi connectivity index (χ0v) is 16.9. The minimum Gasteiger partial charge on any atom is -0.381 e. The number of aryl methyl sites for hydroxylation is 1. The number of benzene rings is 2. The predicted molar refractivity (Wildman–Crippen MR) is 118 cm³/mol. The van der Waals surface area contributed by atoms with Crippen molar-refractivity contribution in [1.29, 1.82) is 0 Å². The monoisotopic (exact) mass is 401 g/mol. The number of aromatic nitrogens is 4. The van der Waals surface area contributed by atoms with E-state index in [1.165, 1.54) is 6.33 Å². The van der Waals surface area contributed by atoms with Gasteiger partial charge in [0.1, 0.15) is 18.5 Å². The molecular weight excluding hydrogens is 378 g/mol. The summed E-state index contributed by atoms with van der Waals surface area (Å²) < 4.78 is 1.74. The number of anilines is 2. The van der Waals surface area contributed by atoms with Crippen LogP contribution >= 0.6 is 0 Å². The molecule has 8 nitrogen and oxygen atoms in total. The van der Waals surface area contributed by atoms with Crippen LogP contribution in [0.2, 0.25) is 0 Å². The SMILES string of the molecule is CCNC(=O)Nc1cc2cc(NCc3cccc(-n4cncn4)c3)cc(C)c2cn1. The standard InChI is InChI=1S/C22H23N7O/c1-3-24-22(30)28-21-10-17-9-18(7-15(2)20(17)12-26-21)25-11-16-5-4-6-19(8-16)29-14-23-13-27-29/h4-10,12-14,25H,3,11H2,1-2H3,(H2,24,26,28,30). The van der Waals surface area contributed by atoms with Gasteiger partial charge in [0.2, 0.25) is 0 Å². The average Bonchev–Trinajstić information content (AvgIpc) is 3.27. The molecule has 2 amide bonds. The molecule has 152 valence electrons. The molecule has 0 radical (unpaired) electrons. The number of nitrogens with one attached hydrogen (secondary N) is 3. The number of hydrogen-bond acceptors (Lipinski definition) is 5. The van der Waals surface area contributed by atoms with E-state index in [9.17, 15) is 4.79 Å². The molecule has 0 spiro atoms. The van der Waals surface area contributed by atoms with Gasteiger partial charge in [0, 0.05) is 30.4 Å². The number of pyridine rings is 1. The van der Waals surface area contributed by atoms with E-state index in [2.05, 4.69) is 62.2 Å². The number of rotatable bonds is 6. The lowest BCUT2D eigenvalue weighted by Crippen LogP contribution is -2.28. The van der Waals surface area contributed by atoms with Gasteiger partial charge in [-0.05, 0) is 60.7 Å². The molecule has 4 aromatic rings. The van der Waals surface area contributed by atoms with Crippen LogP contribution in [-0.4, -0.2) is 32.3 Å². The molecule has 0 atom stereocenters. The van der Waals surface area contributed by atoms with Gasteiger partial charge in [-0.15, -0.1) is 0 Å². The van der Waals surface area contributed by atoms with Crippen molar-refractivity contribution >= 4 is 28.3 Å². The lowest BCUT2D eigenvalue weighted by Gasteiger charge is -2.12. The van der Waals surface area contributed by atoms with E-state index in [0.29, 0.717) is 18.9 Å². The van der Waals surface area contributed by atoms with Crippen molar-refractivity contribution in [3.8, 4) is 5.69 Å². The normalized spacial score (nSPS) is 10.7. The summed E-state index contributed by atoms with van der Waals surface area (Å²) in [4.78, 5) is 20.1. The van der Waals surface area contributed by atoms with Crippen LogP contribution in [-0.2, 0) is 6.54 Å². The van der Waals surface area contributed by atoms with Crippen LogP contribution in [0.3, 0.4) is 0 Å². The Morgan fingerprint density at radius 1 is 1.17 bits per heavy atom. The van der Waals surface area contributed by atoms with Crippen molar-refractivity contribution in [2.24, 2.45) is 0 Å². The molecule has 8 heteroatoms. The molecule has 0 fully saturated rings. The second-order valence-corrected chi connectivity index (χ2v) is 6.93. The Morgan fingerprint density at radius 3 is 2.87 bits per heavy atom. The summed E-state index contributed by atoms with van der Waals surface area (Å²) in [5.41, 5.74) is 4.22. The van der Waals surface area contributed by atoms with Gasteiger partial charge in [-0.25, -0.2) is 19.4 Å². The van der Waals surface area contributed by atoms with Gasteiger partial charge in [-0.2, -0.15) is 5.10 Å². The van der Waals surface area contributed by atoms with Crippen molar-refractivity contribution in [1.82, 2.24) is 25.1 Å². The Balaban J connectivity index is 1.53. The largest absolute Gasteiger partial charge is 0.381 e. The second kappa shape index (κ2) is 8.60. The lowest BCUT2D eigenvalue weighted by atomic mass is 10.1. The molecule has 30 heavy (non-hydrogen) atoms. The number of hydrogen-bond donors (Lipinski definition) is 3. The van der Waals surface area contributed by atoms with Crippen LogP contribution in [0.15, 0.2) is 61.3 Å². The van der Waals surface area contributed by atoms with Gasteiger partial charge in [0.15, 0.2) is 0 Å². The molecule has 0 saturated heterocycles. The van der Waals surface area contributed by atoms with E-state index >= 15 is 0 Å².